The Hall–Kier alpha value is -3.90. The first-order chi connectivity index (χ1) is 17.5. The van der Waals surface area contributed by atoms with Gasteiger partial charge in [-0.2, -0.15) is 0 Å². The van der Waals surface area contributed by atoms with E-state index in [1.54, 1.807) is 12.1 Å². The van der Waals surface area contributed by atoms with Crippen LogP contribution in [0.1, 0.15) is 65.4 Å². The monoisotopic (exact) mass is 496 g/mol. The molecular formula is C29H25ClN4O2. The molecule has 0 saturated carbocycles. The molecule has 0 aliphatic carbocycles. The van der Waals surface area contributed by atoms with Gasteiger partial charge in [0.15, 0.2) is 5.82 Å². The number of aldehydes is 1. The summed E-state index contributed by atoms with van der Waals surface area (Å²) in [6, 6.07) is 20.8. The number of aliphatic imine (C=N–C) groups is 1. The maximum atomic E-state index is 12.7. The van der Waals surface area contributed by atoms with Crippen molar-refractivity contribution in [1.29, 1.82) is 0 Å². The first kappa shape index (κ1) is 23.8. The molecule has 36 heavy (non-hydrogen) atoms. The van der Waals surface area contributed by atoms with Crippen LogP contribution in [0.2, 0.25) is 5.02 Å². The second kappa shape index (κ2) is 9.99. The molecule has 0 bridgehead atoms. The van der Waals surface area contributed by atoms with Gasteiger partial charge in [-0.15, -0.1) is 10.2 Å². The van der Waals surface area contributed by atoms with Gasteiger partial charge in [0.25, 0.3) is 0 Å². The standard InChI is InChI=1S/C29H25ClN4O2/c1-3-4-24(36)16-26-29-33-32-18(2)34(29)27-14-11-22(20-7-5-19(17-35)6-8-20)15-25(27)28(31-26)21-9-12-23(30)13-10-21/h5-15,17,26H,3-4,16H2,1-2H3/t26-/m0/s1. The molecule has 4 aromatic rings. The Bertz CT molecular complexity index is 1470. The minimum absolute atomic E-state index is 0.149. The third-order valence-corrected chi connectivity index (χ3v) is 6.63. The van der Waals surface area contributed by atoms with Gasteiger partial charge in [0.1, 0.15) is 23.9 Å². The SMILES string of the molecule is CCCC(=O)C[C@@H]1N=C(c2ccc(Cl)cc2)c2cc(-c3ccc(C=O)cc3)ccc2-n2c(C)nnc21. The van der Waals surface area contributed by atoms with Crippen molar-refractivity contribution in [3.63, 3.8) is 0 Å². The van der Waals surface area contributed by atoms with Crippen molar-refractivity contribution in [2.75, 3.05) is 0 Å². The van der Waals surface area contributed by atoms with Gasteiger partial charge >= 0.3 is 0 Å². The molecule has 1 atom stereocenters. The molecule has 0 N–H and O–H groups in total. The number of nitrogens with zero attached hydrogens (tertiary/aromatic N) is 4. The first-order valence-electron chi connectivity index (χ1n) is 12.0. The Morgan fingerprint density at radius 3 is 2.36 bits per heavy atom. The first-order valence-corrected chi connectivity index (χ1v) is 12.3. The summed E-state index contributed by atoms with van der Waals surface area (Å²) in [5, 5.41) is 9.42. The van der Waals surface area contributed by atoms with Crippen molar-refractivity contribution in [3.05, 3.63) is 100 Å². The number of benzene rings is 3. The normalized spacial score (nSPS) is 14.4. The fourth-order valence-electron chi connectivity index (χ4n) is 4.60. The smallest absolute Gasteiger partial charge is 0.162 e. The van der Waals surface area contributed by atoms with Gasteiger partial charge in [-0.05, 0) is 48.7 Å². The number of hydrogen-bond donors (Lipinski definition) is 0. The van der Waals surface area contributed by atoms with Crippen LogP contribution in [0.15, 0.2) is 71.7 Å². The van der Waals surface area contributed by atoms with Crippen LogP contribution in [0.25, 0.3) is 16.8 Å². The van der Waals surface area contributed by atoms with Gasteiger partial charge in [-0.3, -0.25) is 19.1 Å². The zero-order valence-electron chi connectivity index (χ0n) is 20.1. The molecule has 1 aliphatic heterocycles. The van der Waals surface area contributed by atoms with Crippen molar-refractivity contribution in [2.45, 2.75) is 39.2 Å². The summed E-state index contributed by atoms with van der Waals surface area (Å²) < 4.78 is 2.00. The van der Waals surface area contributed by atoms with Crippen LogP contribution in [0.3, 0.4) is 0 Å². The quantitative estimate of drug-likeness (QED) is 0.279. The van der Waals surface area contributed by atoms with Gasteiger partial charge in [0.05, 0.1) is 11.4 Å². The Morgan fingerprint density at radius 1 is 0.972 bits per heavy atom. The van der Waals surface area contributed by atoms with E-state index in [1.807, 2.05) is 66.9 Å². The molecule has 5 rings (SSSR count). The lowest BCUT2D eigenvalue weighted by atomic mass is 9.95. The number of aryl methyl sites for hydroxylation is 1. The van der Waals surface area contributed by atoms with Crippen molar-refractivity contribution in [1.82, 2.24) is 14.8 Å². The van der Waals surface area contributed by atoms with Gasteiger partial charge in [-0.25, -0.2) is 0 Å². The highest BCUT2D eigenvalue weighted by atomic mass is 35.5. The molecule has 1 aliphatic rings. The summed E-state index contributed by atoms with van der Waals surface area (Å²) in [5.74, 6) is 1.54. The van der Waals surface area contributed by atoms with Gasteiger partial charge < -0.3 is 0 Å². The van der Waals surface area contributed by atoms with Crippen LogP contribution < -0.4 is 0 Å². The van der Waals surface area contributed by atoms with Crippen molar-refractivity contribution < 1.29 is 9.59 Å². The predicted octanol–water partition coefficient (Wildman–Crippen LogP) is 6.36. The largest absolute Gasteiger partial charge is 0.300 e. The molecule has 0 unspecified atom stereocenters. The van der Waals surface area contributed by atoms with Crippen molar-refractivity contribution >= 4 is 29.4 Å². The summed E-state index contributed by atoms with van der Waals surface area (Å²) in [5.41, 5.74) is 6.08. The number of ketones is 1. The molecule has 180 valence electrons. The number of hydrogen-bond acceptors (Lipinski definition) is 5. The Balaban J connectivity index is 1.73. The lowest BCUT2D eigenvalue weighted by molar-refractivity contribution is -0.119. The highest BCUT2D eigenvalue weighted by Crippen LogP contribution is 2.35. The number of Topliss-reactive ketones (excluding diaryl/α,β-unsaturated/α-hetero) is 1. The van der Waals surface area contributed by atoms with Crippen LogP contribution in [-0.2, 0) is 4.79 Å². The van der Waals surface area contributed by atoms with Gasteiger partial charge in [0.2, 0.25) is 0 Å². The second-order valence-electron chi connectivity index (χ2n) is 8.91. The van der Waals surface area contributed by atoms with Gasteiger partial charge in [0, 0.05) is 34.6 Å². The summed E-state index contributed by atoms with van der Waals surface area (Å²) in [6.07, 6.45) is 2.39. The van der Waals surface area contributed by atoms with Crippen LogP contribution >= 0.6 is 11.6 Å². The zero-order chi connectivity index (χ0) is 25.2. The molecule has 0 spiro atoms. The van der Waals surface area contributed by atoms with Gasteiger partial charge in [-0.1, -0.05) is 61.0 Å². The van der Waals surface area contributed by atoms with E-state index in [0.717, 1.165) is 52.2 Å². The van der Waals surface area contributed by atoms with E-state index in [0.29, 0.717) is 22.8 Å². The number of carbonyl (C=O) groups is 2. The molecule has 0 saturated heterocycles. The maximum Gasteiger partial charge on any atom is 0.162 e. The average Bonchev–Trinajstić information content (AvgIpc) is 3.21. The molecular weight excluding hydrogens is 472 g/mol. The zero-order valence-corrected chi connectivity index (χ0v) is 20.9. The van der Waals surface area contributed by atoms with Crippen molar-refractivity contribution in [2.24, 2.45) is 4.99 Å². The Morgan fingerprint density at radius 2 is 1.67 bits per heavy atom. The number of rotatable bonds is 7. The van der Waals surface area contributed by atoms with Crippen molar-refractivity contribution in [3.8, 4) is 16.8 Å². The third kappa shape index (κ3) is 4.52. The van der Waals surface area contributed by atoms with E-state index in [1.165, 1.54) is 0 Å². The van der Waals surface area contributed by atoms with Crippen LogP contribution in [0.5, 0.6) is 0 Å². The predicted molar refractivity (Wildman–Crippen MR) is 141 cm³/mol. The fourth-order valence-corrected chi connectivity index (χ4v) is 4.73. The molecule has 1 aromatic heterocycles. The molecule has 3 aromatic carbocycles. The van der Waals surface area contributed by atoms with Crippen LogP contribution in [0, 0.1) is 6.92 Å². The minimum Gasteiger partial charge on any atom is -0.300 e. The van der Waals surface area contributed by atoms with E-state index in [-0.39, 0.29) is 12.2 Å². The van der Waals surface area contributed by atoms with E-state index in [9.17, 15) is 9.59 Å². The van der Waals surface area contributed by atoms with E-state index in [2.05, 4.69) is 16.3 Å². The molecule has 7 heteroatoms. The van der Waals surface area contributed by atoms with E-state index >= 15 is 0 Å². The lowest BCUT2D eigenvalue weighted by Gasteiger charge is -2.15. The molecule has 0 fully saturated rings. The Labute approximate surface area is 214 Å². The highest BCUT2D eigenvalue weighted by molar-refractivity contribution is 6.30. The Kier molecular flexibility index (Phi) is 6.61. The maximum absolute atomic E-state index is 12.7. The fraction of sp³-hybridized carbons (Fsp3) is 0.207. The summed E-state index contributed by atoms with van der Waals surface area (Å²) >= 11 is 6.19. The summed E-state index contributed by atoms with van der Waals surface area (Å²) in [7, 11) is 0. The molecule has 2 heterocycles. The third-order valence-electron chi connectivity index (χ3n) is 6.37. The lowest BCUT2D eigenvalue weighted by Crippen LogP contribution is -2.11. The summed E-state index contributed by atoms with van der Waals surface area (Å²) in [4.78, 5) is 29.0. The highest BCUT2D eigenvalue weighted by Gasteiger charge is 2.29. The second-order valence-corrected chi connectivity index (χ2v) is 9.34. The molecule has 6 nitrogen and oxygen atoms in total. The van der Waals surface area contributed by atoms with Crippen LogP contribution in [0.4, 0.5) is 0 Å². The topological polar surface area (TPSA) is 77.2 Å². The number of fused-ring (bicyclic) bond motifs is 3. The molecule has 0 radical (unpaired) electrons. The molecule has 0 amide bonds. The summed E-state index contributed by atoms with van der Waals surface area (Å²) in [6.45, 7) is 3.91. The minimum atomic E-state index is -0.460. The number of aromatic nitrogens is 3. The van der Waals surface area contributed by atoms with E-state index in [4.69, 9.17) is 16.6 Å². The number of halogens is 1. The van der Waals surface area contributed by atoms with E-state index < -0.39 is 6.04 Å². The average molecular weight is 497 g/mol. The van der Waals surface area contributed by atoms with Crippen LogP contribution in [-0.4, -0.2) is 32.5 Å². The number of carbonyl (C=O) groups excluding carboxylic acids is 2.